The van der Waals surface area contributed by atoms with Crippen molar-refractivity contribution in [2.75, 3.05) is 26.7 Å². The average molecular weight is 276 g/mol. The Morgan fingerprint density at radius 2 is 1.95 bits per heavy atom. The maximum Gasteiger partial charge on any atom is 0.254 e. The lowest BCUT2D eigenvalue weighted by Crippen LogP contribution is -2.48. The second-order valence-electron chi connectivity index (χ2n) is 5.48. The van der Waals surface area contributed by atoms with Crippen molar-refractivity contribution in [1.82, 2.24) is 10.2 Å². The first-order valence-corrected chi connectivity index (χ1v) is 7.29. The van der Waals surface area contributed by atoms with Crippen molar-refractivity contribution in [2.24, 2.45) is 0 Å². The van der Waals surface area contributed by atoms with Gasteiger partial charge in [0.25, 0.3) is 5.91 Å². The summed E-state index contributed by atoms with van der Waals surface area (Å²) in [4.78, 5) is 14.6. The van der Waals surface area contributed by atoms with Crippen LogP contribution in [0.15, 0.2) is 24.3 Å². The molecule has 1 fully saturated rings. The number of rotatable bonds is 4. The maximum absolute atomic E-state index is 12.7. The zero-order chi connectivity index (χ0) is 14.5. The SMILES string of the molecule is CNCCc1ccccc1C(=O)N1C[C@@H](C)O[C@@H](C)C1. The van der Waals surface area contributed by atoms with Gasteiger partial charge in [-0.05, 0) is 45.5 Å². The molecule has 1 saturated heterocycles. The Morgan fingerprint density at radius 1 is 1.30 bits per heavy atom. The molecular formula is C16H24N2O2. The molecular weight excluding hydrogens is 252 g/mol. The van der Waals surface area contributed by atoms with Gasteiger partial charge in [0.15, 0.2) is 0 Å². The summed E-state index contributed by atoms with van der Waals surface area (Å²) in [6.45, 7) is 6.25. The third-order valence-corrected chi connectivity index (χ3v) is 3.60. The quantitative estimate of drug-likeness (QED) is 0.910. The lowest BCUT2D eigenvalue weighted by molar-refractivity contribution is -0.0586. The van der Waals surface area contributed by atoms with E-state index in [0.717, 1.165) is 24.1 Å². The van der Waals surface area contributed by atoms with E-state index in [1.807, 2.05) is 50.1 Å². The first-order valence-electron chi connectivity index (χ1n) is 7.29. The van der Waals surface area contributed by atoms with E-state index in [9.17, 15) is 4.79 Å². The molecule has 4 nitrogen and oxygen atoms in total. The van der Waals surface area contributed by atoms with Crippen LogP contribution in [0.5, 0.6) is 0 Å². The summed E-state index contributed by atoms with van der Waals surface area (Å²) in [5, 5.41) is 3.13. The van der Waals surface area contributed by atoms with Gasteiger partial charge >= 0.3 is 0 Å². The molecule has 4 heteroatoms. The highest BCUT2D eigenvalue weighted by atomic mass is 16.5. The summed E-state index contributed by atoms with van der Waals surface area (Å²) in [6, 6.07) is 7.89. The second-order valence-corrected chi connectivity index (χ2v) is 5.48. The number of benzene rings is 1. The highest BCUT2D eigenvalue weighted by Crippen LogP contribution is 2.17. The normalized spacial score (nSPS) is 22.9. The molecule has 1 aromatic carbocycles. The van der Waals surface area contributed by atoms with Gasteiger partial charge < -0.3 is 15.0 Å². The molecule has 0 bridgehead atoms. The van der Waals surface area contributed by atoms with Crippen LogP contribution in [0.2, 0.25) is 0 Å². The van der Waals surface area contributed by atoms with Crippen LogP contribution in [-0.4, -0.2) is 49.7 Å². The number of hydrogen-bond acceptors (Lipinski definition) is 3. The number of amides is 1. The zero-order valence-corrected chi connectivity index (χ0v) is 12.6. The van der Waals surface area contributed by atoms with E-state index < -0.39 is 0 Å². The number of carbonyl (C=O) groups excluding carboxylic acids is 1. The smallest absolute Gasteiger partial charge is 0.254 e. The van der Waals surface area contributed by atoms with Crippen molar-refractivity contribution in [2.45, 2.75) is 32.5 Å². The molecule has 1 aliphatic rings. The number of nitrogens with one attached hydrogen (secondary N) is 1. The van der Waals surface area contributed by atoms with Crippen LogP contribution in [0.25, 0.3) is 0 Å². The summed E-state index contributed by atoms with van der Waals surface area (Å²) in [6.07, 6.45) is 1.08. The molecule has 2 atom stereocenters. The van der Waals surface area contributed by atoms with Gasteiger partial charge in [-0.15, -0.1) is 0 Å². The first-order chi connectivity index (χ1) is 9.61. The van der Waals surface area contributed by atoms with Gasteiger partial charge in [-0.1, -0.05) is 18.2 Å². The predicted octanol–water partition coefficient (Wildman–Crippen LogP) is 1.70. The fourth-order valence-electron chi connectivity index (χ4n) is 2.72. The van der Waals surface area contributed by atoms with Gasteiger partial charge in [0.2, 0.25) is 0 Å². The van der Waals surface area contributed by atoms with Crippen molar-refractivity contribution in [3.05, 3.63) is 35.4 Å². The number of carbonyl (C=O) groups is 1. The van der Waals surface area contributed by atoms with E-state index in [4.69, 9.17) is 4.74 Å². The number of hydrogen-bond donors (Lipinski definition) is 1. The molecule has 2 rings (SSSR count). The third kappa shape index (κ3) is 3.58. The largest absolute Gasteiger partial charge is 0.372 e. The van der Waals surface area contributed by atoms with Gasteiger partial charge in [-0.25, -0.2) is 0 Å². The first kappa shape index (κ1) is 15.0. The predicted molar refractivity (Wildman–Crippen MR) is 80.0 cm³/mol. The third-order valence-electron chi connectivity index (χ3n) is 3.60. The molecule has 20 heavy (non-hydrogen) atoms. The molecule has 1 aliphatic heterocycles. The molecule has 1 heterocycles. The molecule has 110 valence electrons. The summed E-state index contributed by atoms with van der Waals surface area (Å²) >= 11 is 0. The molecule has 1 aromatic rings. The van der Waals surface area contributed by atoms with Crippen molar-refractivity contribution in [3.63, 3.8) is 0 Å². The average Bonchev–Trinajstić information content (AvgIpc) is 2.43. The van der Waals surface area contributed by atoms with Crippen molar-refractivity contribution in [3.8, 4) is 0 Å². The Balaban J connectivity index is 2.15. The topological polar surface area (TPSA) is 41.6 Å². The molecule has 0 saturated carbocycles. The molecule has 0 aliphatic carbocycles. The van der Waals surface area contributed by atoms with Crippen molar-refractivity contribution < 1.29 is 9.53 Å². The summed E-state index contributed by atoms with van der Waals surface area (Å²) in [5.74, 6) is 0.124. The minimum absolute atomic E-state index is 0.104. The summed E-state index contributed by atoms with van der Waals surface area (Å²) in [5.41, 5.74) is 1.93. The van der Waals surface area contributed by atoms with E-state index in [2.05, 4.69) is 5.32 Å². The molecule has 1 N–H and O–H groups in total. The number of morpholine rings is 1. The minimum Gasteiger partial charge on any atom is -0.372 e. The summed E-state index contributed by atoms with van der Waals surface area (Å²) in [7, 11) is 1.93. The minimum atomic E-state index is 0.104. The van der Waals surface area contributed by atoms with Crippen molar-refractivity contribution >= 4 is 5.91 Å². The van der Waals surface area contributed by atoms with Crippen molar-refractivity contribution in [1.29, 1.82) is 0 Å². The van der Waals surface area contributed by atoms with Crippen LogP contribution in [0.3, 0.4) is 0 Å². The van der Waals surface area contributed by atoms with Gasteiger partial charge in [0.1, 0.15) is 0 Å². The Labute approximate surface area is 121 Å². The standard InChI is InChI=1S/C16H24N2O2/c1-12-10-18(11-13(2)20-12)16(19)15-7-5-4-6-14(15)8-9-17-3/h4-7,12-13,17H,8-11H2,1-3H3/t12-,13+. The Hall–Kier alpha value is -1.39. The van der Waals surface area contributed by atoms with E-state index in [1.54, 1.807) is 0 Å². The van der Waals surface area contributed by atoms with Gasteiger partial charge in [-0.3, -0.25) is 4.79 Å². The monoisotopic (exact) mass is 276 g/mol. The van der Waals surface area contributed by atoms with E-state index >= 15 is 0 Å². The van der Waals surface area contributed by atoms with Crippen LogP contribution in [0.4, 0.5) is 0 Å². The Bertz CT molecular complexity index is 452. The number of ether oxygens (including phenoxy) is 1. The van der Waals surface area contributed by atoms with Crippen LogP contribution in [0, 0.1) is 0 Å². The Kier molecular flexibility index (Phi) is 5.15. The number of nitrogens with zero attached hydrogens (tertiary/aromatic N) is 1. The molecule has 1 amide bonds. The molecule has 0 radical (unpaired) electrons. The van der Waals surface area contributed by atoms with Crippen LogP contribution < -0.4 is 5.32 Å². The lowest BCUT2D eigenvalue weighted by atomic mass is 10.0. The highest BCUT2D eigenvalue weighted by Gasteiger charge is 2.27. The molecule has 0 unspecified atom stereocenters. The highest BCUT2D eigenvalue weighted by molar-refractivity contribution is 5.95. The summed E-state index contributed by atoms with van der Waals surface area (Å²) < 4.78 is 5.69. The second kappa shape index (κ2) is 6.86. The fourth-order valence-corrected chi connectivity index (χ4v) is 2.72. The lowest BCUT2D eigenvalue weighted by Gasteiger charge is -2.35. The molecule has 0 spiro atoms. The maximum atomic E-state index is 12.7. The van der Waals surface area contributed by atoms with E-state index in [1.165, 1.54) is 0 Å². The number of likely N-dealkylation sites (N-methyl/N-ethyl adjacent to an activating group) is 1. The fraction of sp³-hybridized carbons (Fsp3) is 0.562. The van der Waals surface area contributed by atoms with Crippen LogP contribution in [0.1, 0.15) is 29.8 Å². The molecule has 0 aromatic heterocycles. The van der Waals surface area contributed by atoms with Gasteiger partial charge in [-0.2, -0.15) is 0 Å². The van der Waals surface area contributed by atoms with Crippen LogP contribution in [-0.2, 0) is 11.2 Å². The van der Waals surface area contributed by atoms with Gasteiger partial charge in [0.05, 0.1) is 12.2 Å². The van der Waals surface area contributed by atoms with Crippen LogP contribution >= 0.6 is 0 Å². The van der Waals surface area contributed by atoms with E-state index in [0.29, 0.717) is 13.1 Å². The van der Waals surface area contributed by atoms with Gasteiger partial charge in [0, 0.05) is 18.7 Å². The van der Waals surface area contributed by atoms with E-state index in [-0.39, 0.29) is 18.1 Å². The zero-order valence-electron chi connectivity index (χ0n) is 12.6. The Morgan fingerprint density at radius 3 is 2.60 bits per heavy atom.